The Morgan fingerprint density at radius 3 is 2.75 bits per heavy atom. The zero-order chi connectivity index (χ0) is 14.9. The van der Waals surface area contributed by atoms with Gasteiger partial charge in [-0.05, 0) is 25.1 Å². The van der Waals surface area contributed by atoms with E-state index in [0.29, 0.717) is 5.69 Å². The van der Waals surface area contributed by atoms with E-state index in [0.717, 1.165) is 9.88 Å². The Morgan fingerprint density at radius 2 is 2.15 bits per heavy atom. The summed E-state index contributed by atoms with van der Waals surface area (Å²) in [4.78, 5) is 4.99. The van der Waals surface area contributed by atoms with E-state index in [1.807, 2.05) is 6.92 Å². The van der Waals surface area contributed by atoms with Crippen LogP contribution < -0.4 is 5.73 Å². The van der Waals surface area contributed by atoms with Gasteiger partial charge in [-0.25, -0.2) is 13.4 Å². The number of hydrogen-bond acceptors (Lipinski definition) is 5. The summed E-state index contributed by atoms with van der Waals surface area (Å²) in [7, 11) is -2.18. The smallest absolute Gasteiger partial charge is 0.244 e. The van der Waals surface area contributed by atoms with Crippen molar-refractivity contribution in [2.75, 3.05) is 12.8 Å². The van der Waals surface area contributed by atoms with Crippen molar-refractivity contribution in [3.05, 3.63) is 39.3 Å². The molecule has 0 aliphatic carbocycles. The average molecular weight is 332 g/mol. The zero-order valence-corrected chi connectivity index (χ0v) is 13.4. The molecule has 0 radical (unpaired) electrons. The normalized spacial score (nSPS) is 12.0. The van der Waals surface area contributed by atoms with Crippen LogP contribution in [0.15, 0.2) is 29.3 Å². The first-order valence-corrected chi connectivity index (χ1v) is 8.37. The summed E-state index contributed by atoms with van der Waals surface area (Å²) in [6.45, 7) is 2.12. The molecule has 2 rings (SSSR count). The van der Waals surface area contributed by atoms with Gasteiger partial charge in [-0.3, -0.25) is 0 Å². The Morgan fingerprint density at radius 1 is 1.45 bits per heavy atom. The van der Waals surface area contributed by atoms with Gasteiger partial charge in [-0.15, -0.1) is 11.3 Å². The van der Waals surface area contributed by atoms with E-state index in [1.54, 1.807) is 12.3 Å². The van der Waals surface area contributed by atoms with Crippen LogP contribution in [0.25, 0.3) is 0 Å². The first-order valence-electron chi connectivity index (χ1n) is 5.73. The maximum Gasteiger partial charge on any atom is 0.244 e. The number of nitrogen functional groups attached to an aromatic ring is 1. The van der Waals surface area contributed by atoms with Gasteiger partial charge in [0.15, 0.2) is 0 Å². The van der Waals surface area contributed by atoms with Crippen LogP contribution in [-0.4, -0.2) is 24.8 Å². The van der Waals surface area contributed by atoms with Crippen LogP contribution in [0.4, 0.5) is 5.69 Å². The van der Waals surface area contributed by atoms with Gasteiger partial charge in [-0.1, -0.05) is 11.6 Å². The number of nitrogens with two attached hydrogens (primary N) is 1. The first kappa shape index (κ1) is 15.2. The van der Waals surface area contributed by atoms with Crippen LogP contribution in [0.2, 0.25) is 5.02 Å². The minimum Gasteiger partial charge on any atom is -0.399 e. The Kier molecular flexibility index (Phi) is 4.33. The Labute approximate surface area is 127 Å². The second kappa shape index (κ2) is 5.69. The maximum atomic E-state index is 12.5. The fraction of sp³-hybridized carbons (Fsp3) is 0.250. The number of nitrogens with zero attached hydrogens (tertiary/aromatic N) is 2. The summed E-state index contributed by atoms with van der Waals surface area (Å²) in [6, 6.07) is 4.41. The molecule has 0 aliphatic rings. The lowest BCUT2D eigenvalue weighted by molar-refractivity contribution is 0.469. The van der Waals surface area contributed by atoms with Crippen LogP contribution in [0.1, 0.15) is 9.88 Å². The quantitative estimate of drug-likeness (QED) is 0.873. The van der Waals surface area contributed by atoms with Gasteiger partial charge in [0.25, 0.3) is 0 Å². The summed E-state index contributed by atoms with van der Waals surface area (Å²) in [5.74, 6) is 0. The lowest BCUT2D eigenvalue weighted by atomic mass is 10.3. The molecule has 0 saturated carbocycles. The van der Waals surface area contributed by atoms with Crippen LogP contribution in [0, 0.1) is 6.92 Å². The van der Waals surface area contributed by atoms with Crippen LogP contribution in [-0.2, 0) is 16.6 Å². The lowest BCUT2D eigenvalue weighted by Gasteiger charge is -2.17. The molecule has 0 aliphatic heterocycles. The van der Waals surface area contributed by atoms with Crippen molar-refractivity contribution < 1.29 is 8.42 Å². The van der Waals surface area contributed by atoms with Crippen molar-refractivity contribution in [2.24, 2.45) is 0 Å². The molecule has 0 spiro atoms. The largest absolute Gasteiger partial charge is 0.399 e. The number of rotatable bonds is 4. The second-order valence-electron chi connectivity index (χ2n) is 4.30. The van der Waals surface area contributed by atoms with Crippen molar-refractivity contribution in [3.63, 3.8) is 0 Å². The van der Waals surface area contributed by atoms with Crippen LogP contribution in [0.3, 0.4) is 0 Å². The molecular formula is C12H14ClN3O2S2. The molecule has 0 saturated heterocycles. The predicted octanol–water partition coefficient (Wildman–Crippen LogP) is 2.51. The molecule has 5 nitrogen and oxygen atoms in total. The first-order chi connectivity index (χ1) is 9.30. The average Bonchev–Trinajstić information content (AvgIpc) is 2.77. The van der Waals surface area contributed by atoms with Gasteiger partial charge >= 0.3 is 0 Å². The number of anilines is 1. The highest BCUT2D eigenvalue weighted by molar-refractivity contribution is 7.89. The van der Waals surface area contributed by atoms with Crippen molar-refractivity contribution in [1.82, 2.24) is 9.29 Å². The highest BCUT2D eigenvalue weighted by atomic mass is 35.5. The van der Waals surface area contributed by atoms with E-state index in [1.165, 1.54) is 34.8 Å². The summed E-state index contributed by atoms with van der Waals surface area (Å²) in [5.41, 5.74) is 5.99. The molecule has 0 bridgehead atoms. The third kappa shape index (κ3) is 3.12. The Hall–Kier alpha value is -1.15. The third-order valence-electron chi connectivity index (χ3n) is 2.69. The third-order valence-corrected chi connectivity index (χ3v) is 5.87. The molecule has 108 valence electrons. The van der Waals surface area contributed by atoms with Crippen molar-refractivity contribution >= 4 is 38.6 Å². The molecular weight excluding hydrogens is 318 g/mol. The molecule has 2 N–H and O–H groups in total. The monoisotopic (exact) mass is 331 g/mol. The summed E-state index contributed by atoms with van der Waals surface area (Å²) in [5, 5.41) is 1.05. The Balaban J connectivity index is 2.32. The topological polar surface area (TPSA) is 76.3 Å². The number of hydrogen-bond donors (Lipinski definition) is 1. The molecule has 1 heterocycles. The maximum absolute atomic E-state index is 12.5. The van der Waals surface area contributed by atoms with E-state index in [4.69, 9.17) is 17.3 Å². The standard InChI is InChI=1S/C12H14ClN3O2S2/c1-8-15-6-10(19-8)7-16(2)20(17,18)12-5-9(14)3-4-11(12)13/h3-6H,7,14H2,1-2H3. The lowest BCUT2D eigenvalue weighted by Crippen LogP contribution is -2.26. The molecule has 1 aromatic heterocycles. The predicted molar refractivity (Wildman–Crippen MR) is 81.4 cm³/mol. The van der Waals surface area contributed by atoms with Gasteiger partial charge in [0.05, 0.1) is 10.0 Å². The van der Waals surface area contributed by atoms with E-state index in [2.05, 4.69) is 4.98 Å². The Bertz CT molecular complexity index is 728. The van der Waals surface area contributed by atoms with Crippen LogP contribution >= 0.6 is 22.9 Å². The molecule has 0 fully saturated rings. The van der Waals surface area contributed by atoms with E-state index in [9.17, 15) is 8.42 Å². The molecule has 0 atom stereocenters. The van der Waals surface area contributed by atoms with Crippen molar-refractivity contribution in [1.29, 1.82) is 0 Å². The summed E-state index contributed by atoms with van der Waals surface area (Å²) in [6.07, 6.45) is 1.67. The minimum atomic E-state index is -3.68. The van der Waals surface area contributed by atoms with Crippen molar-refractivity contribution in [3.8, 4) is 0 Å². The van der Waals surface area contributed by atoms with Gasteiger partial charge in [0.2, 0.25) is 10.0 Å². The van der Waals surface area contributed by atoms with Gasteiger partial charge in [0, 0.05) is 30.4 Å². The molecule has 0 unspecified atom stereocenters. The number of halogens is 1. The highest BCUT2D eigenvalue weighted by Gasteiger charge is 2.24. The second-order valence-corrected chi connectivity index (χ2v) is 8.04. The fourth-order valence-electron chi connectivity index (χ4n) is 1.67. The number of aromatic nitrogens is 1. The SMILES string of the molecule is Cc1ncc(CN(C)S(=O)(=O)c2cc(N)ccc2Cl)s1. The summed E-state index contributed by atoms with van der Waals surface area (Å²) >= 11 is 7.42. The number of sulfonamides is 1. The van der Waals surface area contributed by atoms with Gasteiger partial charge < -0.3 is 5.73 Å². The van der Waals surface area contributed by atoms with Crippen molar-refractivity contribution in [2.45, 2.75) is 18.4 Å². The molecule has 0 amide bonds. The highest BCUT2D eigenvalue weighted by Crippen LogP contribution is 2.27. The zero-order valence-electron chi connectivity index (χ0n) is 11.0. The number of thiazole rings is 1. The molecule has 20 heavy (non-hydrogen) atoms. The van der Waals surface area contributed by atoms with Gasteiger partial charge in [-0.2, -0.15) is 4.31 Å². The summed E-state index contributed by atoms with van der Waals surface area (Å²) < 4.78 is 26.2. The number of benzene rings is 1. The van der Waals surface area contributed by atoms with E-state index in [-0.39, 0.29) is 16.5 Å². The number of aryl methyl sites for hydroxylation is 1. The molecule has 8 heteroatoms. The van der Waals surface area contributed by atoms with E-state index >= 15 is 0 Å². The van der Waals surface area contributed by atoms with E-state index < -0.39 is 10.0 Å². The van der Waals surface area contributed by atoms with Crippen LogP contribution in [0.5, 0.6) is 0 Å². The molecule has 2 aromatic rings. The minimum absolute atomic E-state index is 0.0166. The van der Waals surface area contributed by atoms with Gasteiger partial charge in [0.1, 0.15) is 4.90 Å². The molecule has 1 aromatic carbocycles. The fourth-order valence-corrected chi connectivity index (χ4v) is 4.25.